The van der Waals surface area contributed by atoms with Crippen LogP contribution in [0.3, 0.4) is 0 Å². The minimum Gasteiger partial charge on any atom is -0.476 e. The molecule has 0 aliphatic carbocycles. The van der Waals surface area contributed by atoms with Gasteiger partial charge < -0.3 is 20.1 Å². The number of carbonyl (C=O) groups is 2. The van der Waals surface area contributed by atoms with Crippen LogP contribution in [0.25, 0.3) is 0 Å². The van der Waals surface area contributed by atoms with Gasteiger partial charge in [-0.3, -0.25) is 9.59 Å². The summed E-state index contributed by atoms with van der Waals surface area (Å²) in [6.07, 6.45) is -1.52. The molecule has 1 unspecified atom stereocenters. The standard InChI is InChI=1S/C36H39IN2O4/c1-21-17-23(3)33(24(4)18-21)38-35(40)27(7)42-30-15-12-16-31(32(30)37-29-13-10-9-11-14-29)43-28(8)36(41)39-34-25(5)19-22(2)20-26(34)6/h9-20,27-28H,1-8H3,(H-,38,39,40,41)/p+1/t27-,28?/m1/s1. The van der Waals surface area contributed by atoms with Gasteiger partial charge in [0.2, 0.25) is 0 Å². The summed E-state index contributed by atoms with van der Waals surface area (Å²) in [6, 6.07) is 23.9. The van der Waals surface area contributed by atoms with E-state index in [2.05, 4.69) is 47.0 Å². The average molecular weight is 692 g/mol. The van der Waals surface area contributed by atoms with Gasteiger partial charge in [0.1, 0.15) is 0 Å². The van der Waals surface area contributed by atoms with Gasteiger partial charge in [0.05, 0.1) is 0 Å². The molecule has 2 atom stereocenters. The van der Waals surface area contributed by atoms with Crippen molar-refractivity contribution in [2.75, 3.05) is 10.6 Å². The lowest BCUT2D eigenvalue weighted by atomic mass is 10.0. The lowest BCUT2D eigenvalue weighted by Gasteiger charge is -2.19. The largest absolute Gasteiger partial charge is 0.476 e. The quantitative estimate of drug-likeness (QED) is 0.241. The molecule has 0 aliphatic rings. The summed E-state index contributed by atoms with van der Waals surface area (Å²) in [7, 11) is 0. The van der Waals surface area contributed by atoms with Gasteiger partial charge in [0.15, 0.2) is 27.3 Å². The molecule has 0 radical (unpaired) electrons. The minimum atomic E-state index is -0.762. The number of halogens is 1. The zero-order valence-electron chi connectivity index (χ0n) is 26.1. The maximum absolute atomic E-state index is 13.3. The molecule has 0 heterocycles. The topological polar surface area (TPSA) is 76.7 Å². The van der Waals surface area contributed by atoms with E-state index in [1.165, 1.54) is 0 Å². The fourth-order valence-electron chi connectivity index (χ4n) is 5.04. The van der Waals surface area contributed by atoms with Crippen molar-refractivity contribution >= 4 is 23.2 Å². The van der Waals surface area contributed by atoms with Crippen LogP contribution >= 0.6 is 0 Å². The molecule has 2 N–H and O–H groups in total. The molecule has 224 valence electrons. The molecular formula is C36H40IN2O4+. The fourth-order valence-corrected chi connectivity index (χ4v) is 7.59. The summed E-state index contributed by atoms with van der Waals surface area (Å²) < 4.78 is 14.7. The van der Waals surface area contributed by atoms with Gasteiger partial charge in [-0.15, -0.1) is 0 Å². The molecule has 0 spiro atoms. The monoisotopic (exact) mass is 691 g/mol. The van der Waals surface area contributed by atoms with Crippen LogP contribution in [0.1, 0.15) is 47.2 Å². The smallest absolute Gasteiger partial charge is 0.366 e. The molecule has 4 aromatic rings. The van der Waals surface area contributed by atoms with Crippen LogP contribution < -0.4 is 41.3 Å². The van der Waals surface area contributed by atoms with Crippen LogP contribution in [-0.4, -0.2) is 24.0 Å². The highest BCUT2D eigenvalue weighted by Crippen LogP contribution is 2.26. The zero-order chi connectivity index (χ0) is 31.3. The van der Waals surface area contributed by atoms with Gasteiger partial charge in [0.25, 0.3) is 15.4 Å². The second kappa shape index (κ2) is 14.1. The SMILES string of the molecule is Cc1cc(C)c(NC(=O)C(C)Oc2cccc(O[C@H](C)C(=O)Nc3c(C)cc(C)cc3C)c2[I+]c2ccccc2)c(C)c1. The fraction of sp³-hybridized carbons (Fsp3) is 0.278. The number of ether oxygens (including phenoxy) is 2. The van der Waals surface area contributed by atoms with Crippen molar-refractivity contribution in [3.8, 4) is 11.5 Å². The van der Waals surface area contributed by atoms with Gasteiger partial charge in [0, 0.05) is 11.4 Å². The highest BCUT2D eigenvalue weighted by Gasteiger charge is 2.31. The van der Waals surface area contributed by atoms with Crippen molar-refractivity contribution in [2.24, 2.45) is 0 Å². The molecule has 0 saturated heterocycles. The van der Waals surface area contributed by atoms with Crippen LogP contribution in [0.2, 0.25) is 0 Å². The van der Waals surface area contributed by atoms with E-state index in [1.807, 2.05) is 77.9 Å². The number of nitrogens with one attached hydrogen (secondary N) is 2. The Morgan fingerprint density at radius 2 is 1.00 bits per heavy atom. The highest BCUT2D eigenvalue weighted by molar-refractivity contribution is 5.96. The van der Waals surface area contributed by atoms with E-state index in [1.54, 1.807) is 13.8 Å². The lowest BCUT2D eigenvalue weighted by Crippen LogP contribution is -3.61. The van der Waals surface area contributed by atoms with Crippen molar-refractivity contribution in [1.29, 1.82) is 0 Å². The predicted octanol–water partition coefficient (Wildman–Crippen LogP) is 4.48. The summed E-state index contributed by atoms with van der Waals surface area (Å²) in [5.41, 5.74) is 7.93. The van der Waals surface area contributed by atoms with Gasteiger partial charge >= 0.3 is 21.2 Å². The Labute approximate surface area is 265 Å². The molecule has 0 bridgehead atoms. The zero-order valence-corrected chi connectivity index (χ0v) is 28.3. The third kappa shape index (κ3) is 8.16. The first-order chi connectivity index (χ1) is 20.4. The second-order valence-electron chi connectivity index (χ2n) is 11.0. The number of carbonyl (C=O) groups excluding carboxylic acids is 2. The molecule has 0 aliphatic heterocycles. The molecule has 7 heteroatoms. The number of aryl methyl sites for hydroxylation is 6. The van der Waals surface area contributed by atoms with Crippen molar-refractivity contribution in [2.45, 2.75) is 67.6 Å². The van der Waals surface area contributed by atoms with E-state index >= 15 is 0 Å². The summed E-state index contributed by atoms with van der Waals surface area (Å²) in [5, 5.41) is 6.11. The van der Waals surface area contributed by atoms with Crippen LogP contribution in [0.5, 0.6) is 11.5 Å². The summed E-state index contributed by atoms with van der Waals surface area (Å²) in [6.45, 7) is 15.5. The molecule has 2 amide bonds. The van der Waals surface area contributed by atoms with E-state index in [0.717, 1.165) is 51.9 Å². The van der Waals surface area contributed by atoms with Crippen molar-refractivity contribution in [1.82, 2.24) is 0 Å². The highest BCUT2D eigenvalue weighted by atomic mass is 127. The number of hydrogen-bond acceptors (Lipinski definition) is 4. The number of anilines is 2. The Hall–Kier alpha value is -3.85. The first-order valence-electron chi connectivity index (χ1n) is 14.4. The van der Waals surface area contributed by atoms with Gasteiger partial charge in [-0.2, -0.15) is 0 Å². The third-order valence-corrected chi connectivity index (χ3v) is 10.0. The van der Waals surface area contributed by atoms with E-state index < -0.39 is 33.4 Å². The molecular weight excluding hydrogens is 651 g/mol. The maximum atomic E-state index is 13.3. The summed E-state index contributed by atoms with van der Waals surface area (Å²) in [4.78, 5) is 26.5. The van der Waals surface area contributed by atoms with E-state index in [-0.39, 0.29) is 11.8 Å². The molecule has 6 nitrogen and oxygen atoms in total. The molecule has 43 heavy (non-hydrogen) atoms. The van der Waals surface area contributed by atoms with E-state index in [0.29, 0.717) is 11.5 Å². The minimum absolute atomic E-state index is 0.234. The number of amides is 2. The van der Waals surface area contributed by atoms with Crippen molar-refractivity contribution in [3.63, 3.8) is 0 Å². The molecule has 0 fully saturated rings. The normalized spacial score (nSPS) is 12.3. The lowest BCUT2D eigenvalue weighted by molar-refractivity contribution is -0.599. The van der Waals surface area contributed by atoms with Gasteiger partial charge in [-0.05, 0) is 102 Å². The van der Waals surface area contributed by atoms with Crippen LogP contribution in [0, 0.1) is 48.7 Å². The van der Waals surface area contributed by atoms with Crippen LogP contribution in [0.4, 0.5) is 11.4 Å². The van der Waals surface area contributed by atoms with E-state index in [4.69, 9.17) is 9.47 Å². The maximum Gasteiger partial charge on any atom is 0.366 e. The Balaban J connectivity index is 1.58. The van der Waals surface area contributed by atoms with Crippen molar-refractivity contribution in [3.05, 3.63) is 113 Å². The summed E-state index contributed by atoms with van der Waals surface area (Å²) >= 11 is -0.758. The Bertz CT molecular complexity index is 1490. The van der Waals surface area contributed by atoms with Crippen LogP contribution in [-0.2, 0) is 9.59 Å². The van der Waals surface area contributed by atoms with Crippen LogP contribution in [0.15, 0.2) is 72.8 Å². The Kier molecular flexibility index (Phi) is 10.5. The number of benzene rings is 4. The third-order valence-electron chi connectivity index (χ3n) is 7.06. The first-order valence-corrected chi connectivity index (χ1v) is 16.5. The van der Waals surface area contributed by atoms with Crippen molar-refractivity contribution < 1.29 is 40.3 Å². The van der Waals surface area contributed by atoms with Gasteiger partial charge in [-0.1, -0.05) is 59.7 Å². The predicted molar refractivity (Wildman–Crippen MR) is 169 cm³/mol. The van der Waals surface area contributed by atoms with Gasteiger partial charge in [-0.25, -0.2) is 0 Å². The first kappa shape index (κ1) is 32.1. The average Bonchev–Trinajstić information content (AvgIpc) is 2.94. The number of rotatable bonds is 10. The Morgan fingerprint density at radius 3 is 1.40 bits per heavy atom. The molecule has 4 aromatic carbocycles. The molecule has 4 rings (SSSR count). The Morgan fingerprint density at radius 1 is 0.605 bits per heavy atom. The summed E-state index contributed by atoms with van der Waals surface area (Å²) in [5.74, 6) is 0.683. The molecule has 0 aromatic heterocycles. The second-order valence-corrected chi connectivity index (χ2v) is 13.9. The molecule has 0 saturated carbocycles. The van der Waals surface area contributed by atoms with E-state index in [9.17, 15) is 9.59 Å². The number of hydrogen-bond donors (Lipinski definition) is 2.